The molecular formula is C9H10N2O. The van der Waals surface area contributed by atoms with Crippen molar-refractivity contribution in [3.63, 3.8) is 0 Å². The van der Waals surface area contributed by atoms with Gasteiger partial charge < -0.3 is 4.57 Å². The van der Waals surface area contributed by atoms with E-state index in [0.29, 0.717) is 0 Å². The molecule has 0 aliphatic heterocycles. The highest BCUT2D eigenvalue weighted by atomic mass is 16.1. The Balaban J connectivity index is 2.42. The summed E-state index contributed by atoms with van der Waals surface area (Å²) in [5, 5.41) is 0. The van der Waals surface area contributed by atoms with Gasteiger partial charge in [-0.25, -0.2) is 4.79 Å². The van der Waals surface area contributed by atoms with Gasteiger partial charge in [0.05, 0.1) is 0 Å². The largest absolute Gasteiger partial charge is 0.352 e. The van der Waals surface area contributed by atoms with Gasteiger partial charge in [0.15, 0.2) is 0 Å². The second-order valence-electron chi connectivity index (χ2n) is 3.24. The molecule has 1 aliphatic rings. The van der Waals surface area contributed by atoms with E-state index in [4.69, 9.17) is 0 Å². The summed E-state index contributed by atoms with van der Waals surface area (Å²) in [6.45, 7) is 0. The standard InChI is InChI=1S/C9H10N2O/c1-11-6-2-3-8(11)9(4-5-9)10-7-12/h2-3,6H,4-5H2,1H3. The van der Waals surface area contributed by atoms with Crippen LogP contribution in [0.25, 0.3) is 0 Å². The maximum absolute atomic E-state index is 10.2. The fraction of sp³-hybridized carbons (Fsp3) is 0.444. The molecule has 0 spiro atoms. The average molecular weight is 162 g/mol. The van der Waals surface area contributed by atoms with Crippen LogP contribution in [0.2, 0.25) is 0 Å². The van der Waals surface area contributed by atoms with Gasteiger partial charge in [-0.2, -0.15) is 4.99 Å². The van der Waals surface area contributed by atoms with E-state index >= 15 is 0 Å². The summed E-state index contributed by atoms with van der Waals surface area (Å²) in [5.41, 5.74) is 0.894. The maximum atomic E-state index is 10.2. The Labute approximate surface area is 70.7 Å². The van der Waals surface area contributed by atoms with Gasteiger partial charge in [0.1, 0.15) is 5.54 Å². The number of rotatable bonds is 2. The molecule has 62 valence electrons. The summed E-state index contributed by atoms with van der Waals surface area (Å²) in [6, 6.07) is 3.98. The molecule has 0 atom stereocenters. The minimum Gasteiger partial charge on any atom is -0.352 e. The highest BCUT2D eigenvalue weighted by Crippen LogP contribution is 2.48. The maximum Gasteiger partial charge on any atom is 0.235 e. The molecule has 2 rings (SSSR count). The lowest BCUT2D eigenvalue weighted by atomic mass is 10.2. The summed E-state index contributed by atoms with van der Waals surface area (Å²) < 4.78 is 2.01. The molecule has 1 aromatic heterocycles. The number of aryl methyl sites for hydroxylation is 1. The molecule has 1 aliphatic carbocycles. The van der Waals surface area contributed by atoms with Gasteiger partial charge in [-0.3, -0.25) is 0 Å². The first-order chi connectivity index (χ1) is 5.78. The molecule has 1 fully saturated rings. The van der Waals surface area contributed by atoms with Gasteiger partial charge in [-0.1, -0.05) is 0 Å². The molecule has 12 heavy (non-hydrogen) atoms. The van der Waals surface area contributed by atoms with Gasteiger partial charge in [0, 0.05) is 18.9 Å². The minimum atomic E-state index is -0.222. The zero-order valence-electron chi connectivity index (χ0n) is 6.95. The van der Waals surface area contributed by atoms with Crippen LogP contribution in [0, 0.1) is 0 Å². The number of nitrogens with zero attached hydrogens (tertiary/aromatic N) is 2. The van der Waals surface area contributed by atoms with E-state index in [0.717, 1.165) is 18.5 Å². The van der Waals surface area contributed by atoms with E-state index in [2.05, 4.69) is 4.99 Å². The Morgan fingerprint density at radius 1 is 1.67 bits per heavy atom. The van der Waals surface area contributed by atoms with E-state index in [1.54, 1.807) is 6.08 Å². The summed E-state index contributed by atoms with van der Waals surface area (Å²) >= 11 is 0. The molecule has 1 heterocycles. The molecule has 0 radical (unpaired) electrons. The molecule has 0 amide bonds. The Kier molecular flexibility index (Phi) is 1.42. The van der Waals surface area contributed by atoms with Crippen LogP contribution in [-0.4, -0.2) is 10.6 Å². The predicted octanol–water partition coefficient (Wildman–Crippen LogP) is 1.35. The number of hydrogen-bond acceptors (Lipinski definition) is 2. The van der Waals surface area contributed by atoms with Gasteiger partial charge in [0.2, 0.25) is 6.08 Å². The topological polar surface area (TPSA) is 34.4 Å². The molecule has 1 aromatic rings. The number of aliphatic imine (C=N–C) groups is 1. The van der Waals surface area contributed by atoms with E-state index in [1.165, 1.54) is 0 Å². The highest BCUT2D eigenvalue weighted by molar-refractivity contribution is 5.39. The highest BCUT2D eigenvalue weighted by Gasteiger charge is 2.46. The normalized spacial score (nSPS) is 18.4. The predicted molar refractivity (Wildman–Crippen MR) is 44.4 cm³/mol. The fourth-order valence-corrected chi connectivity index (χ4v) is 1.58. The second kappa shape index (κ2) is 2.32. The van der Waals surface area contributed by atoms with Crippen LogP contribution < -0.4 is 0 Å². The fourth-order valence-electron chi connectivity index (χ4n) is 1.58. The van der Waals surface area contributed by atoms with Crippen LogP contribution in [0.5, 0.6) is 0 Å². The van der Waals surface area contributed by atoms with E-state index in [-0.39, 0.29) is 5.54 Å². The lowest BCUT2D eigenvalue weighted by molar-refractivity contribution is 0.552. The third-order valence-electron chi connectivity index (χ3n) is 2.40. The van der Waals surface area contributed by atoms with E-state index < -0.39 is 0 Å². The number of carbonyl (C=O) groups excluding carboxylic acids is 1. The zero-order valence-corrected chi connectivity index (χ0v) is 6.95. The Morgan fingerprint density at radius 2 is 2.42 bits per heavy atom. The molecule has 0 bridgehead atoms. The van der Waals surface area contributed by atoms with Crippen molar-refractivity contribution in [1.29, 1.82) is 0 Å². The molecule has 0 unspecified atom stereocenters. The molecule has 0 N–H and O–H groups in total. The van der Waals surface area contributed by atoms with Crippen molar-refractivity contribution in [1.82, 2.24) is 4.57 Å². The third-order valence-corrected chi connectivity index (χ3v) is 2.40. The molecule has 0 saturated heterocycles. The lowest BCUT2D eigenvalue weighted by Gasteiger charge is -2.08. The summed E-state index contributed by atoms with van der Waals surface area (Å²) in [6.07, 6.45) is 5.56. The second-order valence-corrected chi connectivity index (χ2v) is 3.24. The van der Waals surface area contributed by atoms with Crippen molar-refractivity contribution >= 4 is 6.08 Å². The molecule has 3 heteroatoms. The Hall–Kier alpha value is -1.34. The van der Waals surface area contributed by atoms with Crippen LogP contribution in [0.1, 0.15) is 18.5 Å². The monoisotopic (exact) mass is 162 g/mol. The lowest BCUT2D eigenvalue weighted by Crippen LogP contribution is -2.07. The first-order valence-corrected chi connectivity index (χ1v) is 3.99. The van der Waals surface area contributed by atoms with Crippen LogP contribution in [0.3, 0.4) is 0 Å². The van der Waals surface area contributed by atoms with Crippen LogP contribution in [0.4, 0.5) is 0 Å². The molecular weight excluding hydrogens is 152 g/mol. The van der Waals surface area contributed by atoms with Crippen LogP contribution in [-0.2, 0) is 17.4 Å². The van der Waals surface area contributed by atoms with Crippen molar-refractivity contribution in [2.75, 3.05) is 0 Å². The van der Waals surface area contributed by atoms with Crippen molar-refractivity contribution in [2.45, 2.75) is 18.4 Å². The summed E-state index contributed by atoms with van der Waals surface area (Å²) in [4.78, 5) is 14.0. The van der Waals surface area contributed by atoms with Crippen molar-refractivity contribution < 1.29 is 4.79 Å². The third kappa shape index (κ3) is 0.908. The summed E-state index contributed by atoms with van der Waals surface area (Å²) in [7, 11) is 1.97. The molecule has 1 saturated carbocycles. The van der Waals surface area contributed by atoms with Gasteiger partial charge in [0.25, 0.3) is 0 Å². The van der Waals surface area contributed by atoms with Crippen molar-refractivity contribution in [3.05, 3.63) is 24.0 Å². The minimum absolute atomic E-state index is 0.222. The molecule has 0 aromatic carbocycles. The Bertz CT molecular complexity index is 343. The van der Waals surface area contributed by atoms with Gasteiger partial charge in [-0.15, -0.1) is 0 Å². The average Bonchev–Trinajstić information content (AvgIpc) is 2.68. The SMILES string of the molecule is Cn1cccc1C1(N=C=O)CC1. The number of aromatic nitrogens is 1. The summed E-state index contributed by atoms with van der Waals surface area (Å²) in [5.74, 6) is 0. The number of hydrogen-bond donors (Lipinski definition) is 0. The van der Waals surface area contributed by atoms with E-state index in [1.807, 2.05) is 29.9 Å². The van der Waals surface area contributed by atoms with Crippen molar-refractivity contribution in [2.24, 2.45) is 12.0 Å². The number of isocyanates is 1. The van der Waals surface area contributed by atoms with Crippen LogP contribution >= 0.6 is 0 Å². The van der Waals surface area contributed by atoms with Crippen LogP contribution in [0.15, 0.2) is 23.3 Å². The van der Waals surface area contributed by atoms with E-state index in [9.17, 15) is 4.79 Å². The molecule has 3 nitrogen and oxygen atoms in total. The smallest absolute Gasteiger partial charge is 0.235 e. The first kappa shape index (κ1) is 7.32. The zero-order chi connectivity index (χ0) is 8.60. The first-order valence-electron chi connectivity index (χ1n) is 3.99. The van der Waals surface area contributed by atoms with Gasteiger partial charge in [-0.05, 0) is 25.0 Å². The Morgan fingerprint density at radius 3 is 2.83 bits per heavy atom. The van der Waals surface area contributed by atoms with Gasteiger partial charge >= 0.3 is 0 Å². The quantitative estimate of drug-likeness (QED) is 0.477. The van der Waals surface area contributed by atoms with Crippen molar-refractivity contribution in [3.8, 4) is 0 Å².